The molecule has 2 fully saturated rings. The van der Waals surface area contributed by atoms with Crippen molar-refractivity contribution in [1.82, 2.24) is 15.0 Å². The fourth-order valence-corrected chi connectivity index (χ4v) is 3.64. The summed E-state index contributed by atoms with van der Waals surface area (Å²) in [5, 5.41) is 0. The second-order valence-electron chi connectivity index (χ2n) is 7.92. The van der Waals surface area contributed by atoms with E-state index in [1.807, 2.05) is 4.90 Å². The number of anilines is 3. The van der Waals surface area contributed by atoms with Crippen molar-refractivity contribution in [3.8, 4) is 11.3 Å². The predicted octanol–water partition coefficient (Wildman–Crippen LogP) is 3.83. The fourth-order valence-electron chi connectivity index (χ4n) is 3.64. The Labute approximate surface area is 169 Å². The van der Waals surface area contributed by atoms with Crippen LogP contribution >= 0.6 is 0 Å². The maximum atomic E-state index is 13.6. The number of nitrogens with two attached hydrogens (primary N) is 1. The molecule has 0 atom stereocenters. The average molecular weight is 428 g/mol. The number of nitrogens with zero attached hydrogens (tertiary/aromatic N) is 5. The van der Waals surface area contributed by atoms with Crippen LogP contribution in [-0.4, -0.2) is 47.1 Å². The number of aromatic nitrogens is 3. The van der Waals surface area contributed by atoms with E-state index < -0.39 is 30.9 Å². The Morgan fingerprint density at radius 2 is 1.70 bits per heavy atom. The van der Waals surface area contributed by atoms with E-state index in [9.17, 15) is 22.0 Å². The first-order valence-corrected chi connectivity index (χ1v) is 9.63. The summed E-state index contributed by atoms with van der Waals surface area (Å²) in [5.41, 5.74) is 4.00. The predicted molar refractivity (Wildman–Crippen MR) is 102 cm³/mol. The number of hydrogen-bond acceptors (Lipinski definition) is 6. The highest BCUT2D eigenvalue weighted by Crippen LogP contribution is 2.38. The van der Waals surface area contributed by atoms with Crippen LogP contribution < -0.4 is 15.5 Å². The third kappa shape index (κ3) is 4.10. The lowest BCUT2D eigenvalue weighted by molar-refractivity contribution is -0.140. The summed E-state index contributed by atoms with van der Waals surface area (Å²) in [6.07, 6.45) is -2.97. The van der Waals surface area contributed by atoms with Crippen LogP contribution in [-0.2, 0) is 6.18 Å². The molecule has 6 nitrogen and oxygen atoms in total. The minimum Gasteiger partial charge on any atom is -0.384 e. The zero-order valence-corrected chi connectivity index (χ0v) is 16.3. The molecule has 0 aliphatic carbocycles. The summed E-state index contributed by atoms with van der Waals surface area (Å²) in [4.78, 5) is 15.4. The first-order valence-electron chi connectivity index (χ1n) is 9.63. The van der Waals surface area contributed by atoms with Gasteiger partial charge in [0.1, 0.15) is 11.6 Å². The van der Waals surface area contributed by atoms with E-state index in [-0.39, 0.29) is 28.8 Å². The molecule has 2 aliphatic rings. The number of hydrogen-bond donors (Lipinski definition) is 1. The van der Waals surface area contributed by atoms with Crippen LogP contribution in [0.25, 0.3) is 11.3 Å². The van der Waals surface area contributed by atoms with E-state index in [0.717, 1.165) is 12.8 Å². The highest BCUT2D eigenvalue weighted by molar-refractivity contribution is 5.69. The van der Waals surface area contributed by atoms with Gasteiger partial charge >= 0.3 is 6.18 Å². The van der Waals surface area contributed by atoms with Crippen molar-refractivity contribution < 1.29 is 22.0 Å². The van der Waals surface area contributed by atoms with E-state index >= 15 is 0 Å². The minimum atomic E-state index is -4.75. The second kappa shape index (κ2) is 7.21. The van der Waals surface area contributed by atoms with Gasteiger partial charge in [-0.15, -0.1) is 0 Å². The fraction of sp³-hybridized carbons (Fsp3) is 0.526. The van der Waals surface area contributed by atoms with Crippen LogP contribution in [0.2, 0.25) is 0 Å². The van der Waals surface area contributed by atoms with Crippen LogP contribution in [0.3, 0.4) is 0 Å². The monoisotopic (exact) mass is 428 g/mol. The average Bonchev–Trinajstić information content (AvgIpc) is 2.65. The van der Waals surface area contributed by atoms with Crippen molar-refractivity contribution in [2.75, 3.05) is 41.7 Å². The Kier molecular flexibility index (Phi) is 4.94. The van der Waals surface area contributed by atoms with Gasteiger partial charge in [0, 0.05) is 24.7 Å². The second-order valence-corrected chi connectivity index (χ2v) is 7.92. The van der Waals surface area contributed by atoms with Gasteiger partial charge in [0.2, 0.25) is 5.95 Å². The number of rotatable bonds is 3. The molecule has 162 valence electrons. The van der Waals surface area contributed by atoms with Gasteiger partial charge in [0.05, 0.1) is 18.8 Å². The molecule has 0 amide bonds. The van der Waals surface area contributed by atoms with Crippen LogP contribution in [0.5, 0.6) is 0 Å². The third-order valence-electron chi connectivity index (χ3n) is 5.40. The summed E-state index contributed by atoms with van der Waals surface area (Å²) in [7, 11) is 0. The van der Waals surface area contributed by atoms with Gasteiger partial charge in [-0.1, -0.05) is 6.92 Å². The minimum absolute atomic E-state index is 0.0244. The lowest BCUT2D eigenvalue weighted by Crippen LogP contribution is -2.56. The quantitative estimate of drug-likeness (QED) is 0.750. The highest BCUT2D eigenvalue weighted by atomic mass is 19.4. The smallest absolute Gasteiger partial charge is 0.384 e. The summed E-state index contributed by atoms with van der Waals surface area (Å²) >= 11 is 0. The van der Waals surface area contributed by atoms with Crippen LogP contribution in [0.1, 0.15) is 25.5 Å². The topological polar surface area (TPSA) is 71.2 Å². The van der Waals surface area contributed by atoms with E-state index in [0.29, 0.717) is 19.0 Å². The van der Waals surface area contributed by atoms with Gasteiger partial charge in [0.25, 0.3) is 5.92 Å². The summed E-state index contributed by atoms with van der Waals surface area (Å²) in [6, 6.07) is 3.75. The maximum absolute atomic E-state index is 13.6. The standard InChI is InChI=1S/C19H21F5N6/c1-11-4-6-29(7-5-11)17-26-13(8-15(28-17)30-9-18(20,21)10-30)12-2-3-14(25)27-16(12)19(22,23)24/h2-3,8,11H,4-7,9-10H2,1H3,(H2,25,27). The molecular weight excluding hydrogens is 407 g/mol. The van der Waals surface area contributed by atoms with Crippen molar-refractivity contribution in [3.05, 3.63) is 23.9 Å². The van der Waals surface area contributed by atoms with Gasteiger partial charge in [-0.05, 0) is 30.9 Å². The van der Waals surface area contributed by atoms with Crippen LogP contribution in [0.15, 0.2) is 18.2 Å². The largest absolute Gasteiger partial charge is 0.434 e. The van der Waals surface area contributed by atoms with Gasteiger partial charge < -0.3 is 15.5 Å². The molecule has 0 radical (unpaired) electrons. The molecule has 0 spiro atoms. The molecule has 2 aromatic heterocycles. The van der Waals surface area contributed by atoms with Crippen LogP contribution in [0.4, 0.5) is 39.5 Å². The maximum Gasteiger partial charge on any atom is 0.434 e. The summed E-state index contributed by atoms with van der Waals surface area (Å²) < 4.78 is 67.5. The Bertz CT molecular complexity index is 931. The molecule has 30 heavy (non-hydrogen) atoms. The van der Waals surface area contributed by atoms with Gasteiger partial charge in [-0.2, -0.15) is 18.2 Å². The zero-order valence-electron chi connectivity index (χ0n) is 16.3. The zero-order chi connectivity index (χ0) is 21.7. The number of pyridine rings is 1. The number of alkyl halides is 5. The molecule has 4 heterocycles. The van der Waals surface area contributed by atoms with Crippen LogP contribution in [0, 0.1) is 5.92 Å². The number of piperidine rings is 1. The lowest BCUT2D eigenvalue weighted by Gasteiger charge is -2.40. The van der Waals surface area contributed by atoms with E-state index in [1.165, 1.54) is 23.1 Å². The van der Waals surface area contributed by atoms with Crippen molar-refractivity contribution in [2.24, 2.45) is 5.92 Å². The lowest BCUT2D eigenvalue weighted by atomic mass is 9.99. The van der Waals surface area contributed by atoms with Gasteiger partial charge in [-0.25, -0.2) is 18.7 Å². The Morgan fingerprint density at radius 3 is 2.30 bits per heavy atom. The molecular formula is C19H21F5N6. The van der Waals surface area contributed by atoms with Crippen molar-refractivity contribution in [3.63, 3.8) is 0 Å². The summed E-state index contributed by atoms with van der Waals surface area (Å²) in [6.45, 7) is 2.34. The molecule has 2 saturated heterocycles. The molecule has 0 bridgehead atoms. The first kappa shape index (κ1) is 20.5. The van der Waals surface area contributed by atoms with E-state index in [4.69, 9.17) is 5.73 Å². The van der Waals surface area contributed by atoms with Crippen molar-refractivity contribution in [2.45, 2.75) is 31.9 Å². The molecule has 2 aromatic rings. The Morgan fingerprint density at radius 1 is 1.03 bits per heavy atom. The Balaban J connectivity index is 1.79. The van der Waals surface area contributed by atoms with Crippen molar-refractivity contribution >= 4 is 17.6 Å². The molecule has 4 rings (SSSR count). The normalized spacial score (nSPS) is 19.7. The summed E-state index contributed by atoms with van der Waals surface area (Å²) in [5.74, 6) is -2.19. The molecule has 0 unspecified atom stereocenters. The molecule has 2 N–H and O–H groups in total. The van der Waals surface area contributed by atoms with Gasteiger partial charge in [0.15, 0.2) is 5.69 Å². The molecule has 0 aromatic carbocycles. The molecule has 11 heteroatoms. The van der Waals surface area contributed by atoms with Gasteiger partial charge in [-0.3, -0.25) is 0 Å². The SMILES string of the molecule is CC1CCN(c2nc(-c3ccc(N)nc3C(F)(F)F)cc(N3CC(F)(F)C3)n2)CC1. The molecule has 2 aliphatic heterocycles. The highest BCUT2D eigenvalue weighted by Gasteiger charge is 2.45. The van der Waals surface area contributed by atoms with E-state index in [1.54, 1.807) is 0 Å². The Hall–Kier alpha value is -2.72. The van der Waals surface area contributed by atoms with Crippen molar-refractivity contribution in [1.29, 1.82) is 0 Å². The number of nitrogen functional groups attached to an aromatic ring is 1. The first-order chi connectivity index (χ1) is 14.0. The number of halogens is 5. The molecule has 0 saturated carbocycles. The third-order valence-corrected chi connectivity index (χ3v) is 5.40. The van der Waals surface area contributed by atoms with E-state index in [2.05, 4.69) is 21.9 Å².